The molecule has 0 saturated carbocycles. The highest BCUT2D eigenvalue weighted by molar-refractivity contribution is 6.30. The second-order valence-electron chi connectivity index (χ2n) is 4.41. The molecule has 18 heavy (non-hydrogen) atoms. The lowest BCUT2D eigenvalue weighted by atomic mass is 10.2. The maximum Gasteiger partial charge on any atom is 0.156 e. The number of halogens is 1. The normalized spacial score (nSPS) is 19.3. The van der Waals surface area contributed by atoms with E-state index in [0.29, 0.717) is 6.54 Å². The minimum absolute atomic E-state index is 0.0895. The fourth-order valence-electron chi connectivity index (χ4n) is 2.23. The van der Waals surface area contributed by atoms with Gasteiger partial charge in [0, 0.05) is 11.6 Å². The van der Waals surface area contributed by atoms with Gasteiger partial charge in [0.15, 0.2) is 5.82 Å². The summed E-state index contributed by atoms with van der Waals surface area (Å²) >= 11 is 5.98. The Hall–Kier alpha value is -1.39. The molecule has 1 aliphatic rings. The highest BCUT2D eigenvalue weighted by atomic mass is 35.5. The molecule has 94 valence electrons. The summed E-state index contributed by atoms with van der Waals surface area (Å²) in [6.07, 6.45) is 3.79. The molecule has 3 rings (SSSR count). The number of rotatable bonds is 3. The third-order valence-electron chi connectivity index (χ3n) is 3.08. The average molecular weight is 264 g/mol. The van der Waals surface area contributed by atoms with Crippen LogP contribution in [0.25, 0.3) is 0 Å². The number of hydrogen-bond donors (Lipinski definition) is 0. The zero-order valence-corrected chi connectivity index (χ0v) is 10.7. The predicted molar refractivity (Wildman–Crippen MR) is 68.5 cm³/mol. The first-order valence-electron chi connectivity index (χ1n) is 6.07. The molecular weight excluding hydrogens is 250 g/mol. The van der Waals surface area contributed by atoms with Crippen LogP contribution in [-0.2, 0) is 11.3 Å². The van der Waals surface area contributed by atoms with Crippen molar-refractivity contribution in [1.29, 1.82) is 0 Å². The summed E-state index contributed by atoms with van der Waals surface area (Å²) in [4.78, 5) is 4.31. The van der Waals surface area contributed by atoms with E-state index in [9.17, 15) is 0 Å². The molecule has 0 aliphatic carbocycles. The summed E-state index contributed by atoms with van der Waals surface area (Å²) in [5.41, 5.74) is 1.12. The van der Waals surface area contributed by atoms with Crippen molar-refractivity contribution in [3.8, 4) is 0 Å². The Bertz CT molecular complexity index is 535. The van der Waals surface area contributed by atoms with Crippen LogP contribution in [0.3, 0.4) is 0 Å². The van der Waals surface area contributed by atoms with Gasteiger partial charge >= 0.3 is 0 Å². The van der Waals surface area contributed by atoms with Crippen LogP contribution in [0.2, 0.25) is 5.02 Å². The fraction of sp³-hybridized carbons (Fsp3) is 0.385. The molecular formula is C13H14ClN3O. The van der Waals surface area contributed by atoms with Crippen molar-refractivity contribution in [3.05, 3.63) is 47.0 Å². The van der Waals surface area contributed by atoms with Crippen LogP contribution in [0.1, 0.15) is 30.3 Å². The Labute approximate surface area is 111 Å². The predicted octanol–water partition coefficient (Wildman–Crippen LogP) is 2.83. The molecule has 5 heteroatoms. The third-order valence-corrected chi connectivity index (χ3v) is 3.32. The standard InChI is InChI=1S/C13H14ClN3O/c14-11-4-1-3-10(7-11)8-17-13(15-9-16-17)12-5-2-6-18-12/h1,3-4,7,9,12H,2,5-6,8H2. The Morgan fingerprint density at radius 2 is 2.39 bits per heavy atom. The van der Waals surface area contributed by atoms with Crippen LogP contribution in [0.4, 0.5) is 0 Å². The van der Waals surface area contributed by atoms with Crippen LogP contribution < -0.4 is 0 Å². The molecule has 1 aromatic heterocycles. The Morgan fingerprint density at radius 1 is 1.44 bits per heavy atom. The molecule has 1 unspecified atom stereocenters. The van der Waals surface area contributed by atoms with E-state index in [1.165, 1.54) is 0 Å². The minimum atomic E-state index is 0.0895. The lowest BCUT2D eigenvalue weighted by molar-refractivity contribution is 0.101. The van der Waals surface area contributed by atoms with Gasteiger partial charge in [-0.15, -0.1) is 0 Å². The number of hydrogen-bond acceptors (Lipinski definition) is 3. The van der Waals surface area contributed by atoms with Gasteiger partial charge < -0.3 is 4.74 Å². The van der Waals surface area contributed by atoms with Crippen LogP contribution in [-0.4, -0.2) is 21.4 Å². The molecule has 0 N–H and O–H groups in total. The van der Waals surface area contributed by atoms with Gasteiger partial charge in [-0.3, -0.25) is 0 Å². The van der Waals surface area contributed by atoms with Crippen molar-refractivity contribution in [2.75, 3.05) is 6.61 Å². The average Bonchev–Trinajstić information content (AvgIpc) is 2.98. The molecule has 0 radical (unpaired) electrons. The summed E-state index contributed by atoms with van der Waals surface area (Å²) in [6.45, 7) is 1.49. The summed E-state index contributed by atoms with van der Waals surface area (Å²) in [5, 5.41) is 5.01. The number of aromatic nitrogens is 3. The van der Waals surface area contributed by atoms with E-state index in [-0.39, 0.29) is 6.10 Å². The molecule has 1 aliphatic heterocycles. The van der Waals surface area contributed by atoms with E-state index in [4.69, 9.17) is 16.3 Å². The third kappa shape index (κ3) is 2.40. The first-order chi connectivity index (χ1) is 8.83. The molecule has 1 aromatic carbocycles. The Balaban J connectivity index is 1.82. The van der Waals surface area contributed by atoms with E-state index in [0.717, 1.165) is 35.9 Å². The monoisotopic (exact) mass is 263 g/mol. The van der Waals surface area contributed by atoms with Gasteiger partial charge in [-0.25, -0.2) is 9.67 Å². The number of benzene rings is 1. The second-order valence-corrected chi connectivity index (χ2v) is 4.84. The van der Waals surface area contributed by atoms with Crippen molar-refractivity contribution in [2.45, 2.75) is 25.5 Å². The Kier molecular flexibility index (Phi) is 3.30. The van der Waals surface area contributed by atoms with Gasteiger partial charge in [-0.2, -0.15) is 5.10 Å². The number of nitrogens with zero attached hydrogens (tertiary/aromatic N) is 3. The molecule has 2 heterocycles. The van der Waals surface area contributed by atoms with Gasteiger partial charge in [0.25, 0.3) is 0 Å². The zero-order chi connectivity index (χ0) is 12.4. The largest absolute Gasteiger partial charge is 0.370 e. The first-order valence-corrected chi connectivity index (χ1v) is 6.44. The fourth-order valence-corrected chi connectivity index (χ4v) is 2.45. The van der Waals surface area contributed by atoms with E-state index >= 15 is 0 Å². The lowest BCUT2D eigenvalue weighted by Gasteiger charge is -2.11. The molecule has 1 atom stereocenters. The highest BCUT2D eigenvalue weighted by Gasteiger charge is 2.22. The first kappa shape index (κ1) is 11.7. The summed E-state index contributed by atoms with van der Waals surface area (Å²) in [7, 11) is 0. The lowest BCUT2D eigenvalue weighted by Crippen LogP contribution is -2.11. The maximum absolute atomic E-state index is 5.98. The molecule has 2 aromatic rings. The van der Waals surface area contributed by atoms with Gasteiger partial charge in [0.05, 0.1) is 6.54 Å². The van der Waals surface area contributed by atoms with E-state index < -0.39 is 0 Å². The molecule has 4 nitrogen and oxygen atoms in total. The van der Waals surface area contributed by atoms with Crippen LogP contribution in [0.5, 0.6) is 0 Å². The maximum atomic E-state index is 5.98. The minimum Gasteiger partial charge on any atom is -0.370 e. The van der Waals surface area contributed by atoms with Gasteiger partial charge in [-0.1, -0.05) is 23.7 Å². The summed E-state index contributed by atoms with van der Waals surface area (Å²) in [5.74, 6) is 0.910. The quantitative estimate of drug-likeness (QED) is 0.855. The van der Waals surface area contributed by atoms with E-state index in [2.05, 4.69) is 10.1 Å². The molecule has 0 bridgehead atoms. The van der Waals surface area contributed by atoms with E-state index in [1.807, 2.05) is 28.9 Å². The van der Waals surface area contributed by atoms with Crippen LogP contribution >= 0.6 is 11.6 Å². The highest BCUT2D eigenvalue weighted by Crippen LogP contribution is 2.27. The summed E-state index contributed by atoms with van der Waals surface area (Å²) < 4.78 is 7.54. The zero-order valence-electron chi connectivity index (χ0n) is 9.92. The van der Waals surface area contributed by atoms with Gasteiger partial charge in [-0.05, 0) is 30.5 Å². The smallest absolute Gasteiger partial charge is 0.156 e. The number of ether oxygens (including phenoxy) is 1. The Morgan fingerprint density at radius 3 is 3.17 bits per heavy atom. The van der Waals surface area contributed by atoms with Crippen molar-refractivity contribution >= 4 is 11.6 Å². The van der Waals surface area contributed by atoms with E-state index in [1.54, 1.807) is 6.33 Å². The second kappa shape index (κ2) is 5.08. The topological polar surface area (TPSA) is 39.9 Å². The molecule has 1 saturated heterocycles. The van der Waals surface area contributed by atoms with Crippen molar-refractivity contribution < 1.29 is 4.74 Å². The van der Waals surface area contributed by atoms with Crippen molar-refractivity contribution in [1.82, 2.24) is 14.8 Å². The van der Waals surface area contributed by atoms with Crippen molar-refractivity contribution in [2.24, 2.45) is 0 Å². The van der Waals surface area contributed by atoms with Gasteiger partial charge in [0.1, 0.15) is 12.4 Å². The van der Waals surface area contributed by atoms with Crippen LogP contribution in [0.15, 0.2) is 30.6 Å². The van der Waals surface area contributed by atoms with Crippen LogP contribution in [0, 0.1) is 0 Å². The summed E-state index contributed by atoms with van der Waals surface area (Å²) in [6, 6.07) is 7.79. The molecule has 0 spiro atoms. The molecule has 0 amide bonds. The van der Waals surface area contributed by atoms with Gasteiger partial charge in [0.2, 0.25) is 0 Å². The SMILES string of the molecule is Clc1cccc(Cn2ncnc2C2CCCO2)c1. The van der Waals surface area contributed by atoms with Crippen molar-refractivity contribution in [3.63, 3.8) is 0 Å². The molecule has 1 fully saturated rings.